The van der Waals surface area contributed by atoms with Crippen LogP contribution in [0.3, 0.4) is 0 Å². The summed E-state index contributed by atoms with van der Waals surface area (Å²) in [4.78, 5) is 0. The molecule has 4 nitrogen and oxygen atoms in total. The largest absolute Gasteiger partial charge is 0.328 e. The molecule has 2 aromatic rings. The minimum atomic E-state index is 0.0467. The molecule has 0 bridgehead atoms. The third kappa shape index (κ3) is 2.23. The summed E-state index contributed by atoms with van der Waals surface area (Å²) < 4.78 is 1.87. The van der Waals surface area contributed by atoms with E-state index in [0.717, 1.165) is 11.5 Å². The molecule has 0 saturated heterocycles. The van der Waals surface area contributed by atoms with Crippen LogP contribution in [0.4, 0.5) is 0 Å². The van der Waals surface area contributed by atoms with Crippen molar-refractivity contribution >= 4 is 11.6 Å². The van der Waals surface area contributed by atoms with Gasteiger partial charge in [0.1, 0.15) is 12.2 Å². The summed E-state index contributed by atoms with van der Waals surface area (Å²) in [5.41, 5.74) is 6.63. The first-order valence-corrected chi connectivity index (χ1v) is 5.45. The predicted molar refractivity (Wildman–Crippen MR) is 63.7 cm³/mol. The lowest BCUT2D eigenvalue weighted by Gasteiger charge is -2.09. The number of nitrogens with two attached hydrogens (primary N) is 1. The van der Waals surface area contributed by atoms with Crippen molar-refractivity contribution < 1.29 is 0 Å². The maximum absolute atomic E-state index is 6.12. The van der Waals surface area contributed by atoms with Gasteiger partial charge in [0.05, 0.1) is 10.7 Å². The molecule has 2 N–H and O–H groups in total. The van der Waals surface area contributed by atoms with E-state index in [1.54, 1.807) is 6.33 Å². The fourth-order valence-electron chi connectivity index (χ4n) is 1.53. The van der Waals surface area contributed by atoms with Gasteiger partial charge in [-0.2, -0.15) is 0 Å². The van der Waals surface area contributed by atoms with Gasteiger partial charge in [0, 0.05) is 12.5 Å². The van der Waals surface area contributed by atoms with E-state index < -0.39 is 0 Å². The molecule has 5 heteroatoms. The molecule has 0 aliphatic carbocycles. The highest BCUT2D eigenvalue weighted by molar-refractivity contribution is 6.32. The van der Waals surface area contributed by atoms with Crippen molar-refractivity contribution in [1.82, 2.24) is 14.8 Å². The second kappa shape index (κ2) is 4.63. The van der Waals surface area contributed by atoms with Crippen LogP contribution in [0, 0.1) is 0 Å². The van der Waals surface area contributed by atoms with Gasteiger partial charge in [-0.1, -0.05) is 23.7 Å². The Morgan fingerprint density at radius 3 is 2.88 bits per heavy atom. The van der Waals surface area contributed by atoms with Gasteiger partial charge in [-0.05, 0) is 19.1 Å². The van der Waals surface area contributed by atoms with Crippen molar-refractivity contribution in [3.63, 3.8) is 0 Å². The topological polar surface area (TPSA) is 56.7 Å². The second-order valence-corrected chi connectivity index (χ2v) is 4.16. The van der Waals surface area contributed by atoms with E-state index in [1.165, 1.54) is 0 Å². The molecule has 0 aliphatic rings. The van der Waals surface area contributed by atoms with Crippen LogP contribution >= 0.6 is 11.6 Å². The van der Waals surface area contributed by atoms with Crippen molar-refractivity contribution in [2.75, 3.05) is 0 Å². The summed E-state index contributed by atoms with van der Waals surface area (Å²) >= 11 is 6.12. The Hall–Kier alpha value is -1.39. The summed E-state index contributed by atoms with van der Waals surface area (Å²) in [5.74, 6) is 0.822. The quantitative estimate of drug-likeness (QED) is 0.884. The maximum atomic E-state index is 6.12. The molecule has 1 aromatic heterocycles. The average molecular weight is 237 g/mol. The SMILES string of the molecule is CC(N)Cc1nncn1-c1ccccc1Cl. The molecular weight excluding hydrogens is 224 g/mol. The van der Waals surface area contributed by atoms with E-state index in [9.17, 15) is 0 Å². The first kappa shape index (κ1) is 11.1. The maximum Gasteiger partial charge on any atom is 0.138 e. The molecule has 0 aliphatic heterocycles. The summed E-state index contributed by atoms with van der Waals surface area (Å²) in [5, 5.41) is 8.61. The lowest BCUT2D eigenvalue weighted by Crippen LogP contribution is -2.20. The number of hydrogen-bond donors (Lipinski definition) is 1. The van der Waals surface area contributed by atoms with E-state index in [2.05, 4.69) is 10.2 Å². The summed E-state index contributed by atoms with van der Waals surface area (Å²) in [6, 6.07) is 7.63. The third-order valence-corrected chi connectivity index (χ3v) is 2.55. The summed E-state index contributed by atoms with van der Waals surface area (Å²) in [6.07, 6.45) is 2.32. The fourth-order valence-corrected chi connectivity index (χ4v) is 1.76. The van der Waals surface area contributed by atoms with Crippen molar-refractivity contribution in [2.45, 2.75) is 19.4 Å². The lowest BCUT2D eigenvalue weighted by atomic mass is 10.2. The van der Waals surface area contributed by atoms with Gasteiger partial charge in [-0.15, -0.1) is 10.2 Å². The van der Waals surface area contributed by atoms with Crippen LogP contribution in [0.5, 0.6) is 0 Å². The van der Waals surface area contributed by atoms with Crippen LogP contribution in [0.2, 0.25) is 5.02 Å². The first-order valence-electron chi connectivity index (χ1n) is 5.08. The molecule has 0 saturated carbocycles. The Morgan fingerprint density at radius 2 is 2.19 bits per heavy atom. The molecule has 2 rings (SSSR count). The number of nitrogens with zero attached hydrogens (tertiary/aromatic N) is 3. The molecule has 1 atom stereocenters. The number of benzene rings is 1. The molecule has 0 radical (unpaired) electrons. The zero-order valence-corrected chi connectivity index (χ0v) is 9.72. The molecule has 0 amide bonds. The van der Waals surface area contributed by atoms with Gasteiger partial charge in [0.25, 0.3) is 0 Å². The molecular formula is C11H13ClN4. The number of para-hydroxylation sites is 1. The molecule has 16 heavy (non-hydrogen) atoms. The highest BCUT2D eigenvalue weighted by Crippen LogP contribution is 2.20. The van der Waals surface area contributed by atoms with E-state index in [0.29, 0.717) is 11.4 Å². The van der Waals surface area contributed by atoms with Crippen LogP contribution < -0.4 is 5.73 Å². The van der Waals surface area contributed by atoms with Gasteiger partial charge in [-0.25, -0.2) is 0 Å². The van der Waals surface area contributed by atoms with E-state index >= 15 is 0 Å². The standard InChI is InChI=1S/C11H13ClN4/c1-8(13)6-11-15-14-7-16(11)10-5-3-2-4-9(10)12/h2-5,7-8H,6,13H2,1H3. The molecule has 1 aromatic carbocycles. The van der Waals surface area contributed by atoms with Crippen LogP contribution in [0.1, 0.15) is 12.7 Å². The molecule has 1 unspecified atom stereocenters. The Balaban J connectivity index is 2.41. The molecule has 0 spiro atoms. The van der Waals surface area contributed by atoms with Gasteiger partial charge in [0.15, 0.2) is 0 Å². The first-order chi connectivity index (χ1) is 7.68. The molecule has 1 heterocycles. The minimum absolute atomic E-state index is 0.0467. The van der Waals surface area contributed by atoms with E-state index in [-0.39, 0.29) is 6.04 Å². The highest BCUT2D eigenvalue weighted by Gasteiger charge is 2.10. The number of halogens is 1. The average Bonchev–Trinajstić information content (AvgIpc) is 2.66. The Kier molecular flexibility index (Phi) is 3.22. The van der Waals surface area contributed by atoms with Gasteiger partial charge in [-0.3, -0.25) is 4.57 Å². The number of aromatic nitrogens is 3. The molecule has 0 fully saturated rings. The van der Waals surface area contributed by atoms with Crippen molar-refractivity contribution in [3.8, 4) is 5.69 Å². The zero-order chi connectivity index (χ0) is 11.5. The van der Waals surface area contributed by atoms with Crippen molar-refractivity contribution in [3.05, 3.63) is 41.4 Å². The van der Waals surface area contributed by atoms with Crippen LogP contribution in [0.15, 0.2) is 30.6 Å². The minimum Gasteiger partial charge on any atom is -0.328 e. The van der Waals surface area contributed by atoms with Crippen LogP contribution in [-0.4, -0.2) is 20.8 Å². The fraction of sp³-hybridized carbons (Fsp3) is 0.273. The Labute approximate surface area is 99.1 Å². The lowest BCUT2D eigenvalue weighted by molar-refractivity contribution is 0.688. The number of rotatable bonds is 3. The Morgan fingerprint density at radius 1 is 1.44 bits per heavy atom. The normalized spacial score (nSPS) is 12.7. The summed E-state index contributed by atoms with van der Waals surface area (Å²) in [6.45, 7) is 1.94. The monoisotopic (exact) mass is 236 g/mol. The summed E-state index contributed by atoms with van der Waals surface area (Å²) in [7, 11) is 0. The molecule has 84 valence electrons. The Bertz CT molecular complexity index is 478. The van der Waals surface area contributed by atoms with Crippen molar-refractivity contribution in [2.24, 2.45) is 5.73 Å². The third-order valence-electron chi connectivity index (χ3n) is 2.23. The van der Waals surface area contributed by atoms with E-state index in [1.807, 2.05) is 35.8 Å². The number of hydrogen-bond acceptors (Lipinski definition) is 3. The van der Waals surface area contributed by atoms with E-state index in [4.69, 9.17) is 17.3 Å². The highest BCUT2D eigenvalue weighted by atomic mass is 35.5. The zero-order valence-electron chi connectivity index (χ0n) is 8.97. The predicted octanol–water partition coefficient (Wildman–Crippen LogP) is 1.81. The van der Waals surface area contributed by atoms with Crippen LogP contribution in [0.25, 0.3) is 5.69 Å². The van der Waals surface area contributed by atoms with Crippen LogP contribution in [-0.2, 0) is 6.42 Å². The second-order valence-electron chi connectivity index (χ2n) is 3.75. The van der Waals surface area contributed by atoms with Gasteiger partial charge in [0.2, 0.25) is 0 Å². The smallest absolute Gasteiger partial charge is 0.138 e. The van der Waals surface area contributed by atoms with Crippen molar-refractivity contribution in [1.29, 1.82) is 0 Å². The van der Waals surface area contributed by atoms with Gasteiger partial charge >= 0.3 is 0 Å². The van der Waals surface area contributed by atoms with Gasteiger partial charge < -0.3 is 5.73 Å².